The minimum Gasteiger partial charge on any atom is -0.324 e. The fourth-order valence-electron chi connectivity index (χ4n) is 2.89. The molecular weight excluding hydrogens is 172 g/mol. The molecular formula is C12H24N2. The van der Waals surface area contributed by atoms with Crippen molar-refractivity contribution in [2.45, 2.75) is 57.5 Å². The molecule has 3 unspecified atom stereocenters. The van der Waals surface area contributed by atoms with Gasteiger partial charge in [0.05, 0.1) is 0 Å². The van der Waals surface area contributed by atoms with Gasteiger partial charge in [-0.05, 0) is 31.1 Å². The molecule has 0 spiro atoms. The zero-order valence-electron chi connectivity index (χ0n) is 9.55. The van der Waals surface area contributed by atoms with Gasteiger partial charge in [-0.2, -0.15) is 0 Å². The number of nitrogens with two attached hydrogens (primary N) is 1. The third-order valence-corrected chi connectivity index (χ3v) is 4.47. The zero-order valence-corrected chi connectivity index (χ0v) is 9.55. The fourth-order valence-corrected chi connectivity index (χ4v) is 2.89. The molecule has 2 rings (SSSR count). The molecule has 0 bridgehead atoms. The normalized spacial score (nSPS) is 40.9. The highest BCUT2D eigenvalue weighted by molar-refractivity contribution is 4.95. The molecule has 2 fully saturated rings. The maximum Gasteiger partial charge on any atom is 0.0280 e. The van der Waals surface area contributed by atoms with E-state index in [1.807, 2.05) is 0 Å². The predicted octanol–water partition coefficient (Wildman–Crippen LogP) is 1.89. The summed E-state index contributed by atoms with van der Waals surface area (Å²) >= 11 is 0. The van der Waals surface area contributed by atoms with E-state index in [1.54, 1.807) is 0 Å². The summed E-state index contributed by atoms with van der Waals surface area (Å²) < 4.78 is 0. The lowest BCUT2D eigenvalue weighted by Crippen LogP contribution is -2.55. The highest BCUT2D eigenvalue weighted by Gasteiger charge is 2.36. The van der Waals surface area contributed by atoms with Gasteiger partial charge < -0.3 is 11.1 Å². The minimum atomic E-state index is 0.124. The lowest BCUT2D eigenvalue weighted by Gasteiger charge is -2.43. The van der Waals surface area contributed by atoms with Crippen molar-refractivity contribution in [3.05, 3.63) is 0 Å². The highest BCUT2D eigenvalue weighted by Crippen LogP contribution is 2.34. The number of hydrogen-bond donors (Lipinski definition) is 2. The topological polar surface area (TPSA) is 38.0 Å². The van der Waals surface area contributed by atoms with Crippen molar-refractivity contribution in [1.29, 1.82) is 0 Å². The summed E-state index contributed by atoms with van der Waals surface area (Å²) in [4.78, 5) is 0. The van der Waals surface area contributed by atoms with Crippen molar-refractivity contribution in [2.75, 3.05) is 6.54 Å². The quantitative estimate of drug-likeness (QED) is 0.723. The Morgan fingerprint density at radius 2 is 1.93 bits per heavy atom. The van der Waals surface area contributed by atoms with Gasteiger partial charge in [0.2, 0.25) is 0 Å². The minimum absolute atomic E-state index is 0.124. The summed E-state index contributed by atoms with van der Waals surface area (Å²) in [5.74, 6) is 1.75. The molecule has 0 aromatic rings. The first-order valence-corrected chi connectivity index (χ1v) is 6.13. The Morgan fingerprint density at radius 1 is 1.29 bits per heavy atom. The van der Waals surface area contributed by atoms with Crippen LogP contribution < -0.4 is 11.1 Å². The molecule has 2 aliphatic rings. The maximum absolute atomic E-state index is 6.30. The predicted molar refractivity (Wildman–Crippen MR) is 60.1 cm³/mol. The Kier molecular flexibility index (Phi) is 2.85. The lowest BCUT2D eigenvalue weighted by atomic mass is 9.71. The Bertz CT molecular complexity index is 196. The van der Waals surface area contributed by atoms with Crippen LogP contribution in [0.1, 0.15) is 46.0 Å². The van der Waals surface area contributed by atoms with Crippen LogP contribution in [0, 0.1) is 11.8 Å². The highest BCUT2D eigenvalue weighted by atomic mass is 15.0. The SMILES string of the molecule is CC1CC(NCC2(N)CCCC2)C1C. The smallest absolute Gasteiger partial charge is 0.0280 e. The summed E-state index contributed by atoms with van der Waals surface area (Å²) in [7, 11) is 0. The van der Waals surface area contributed by atoms with Crippen LogP contribution in [0.3, 0.4) is 0 Å². The molecule has 2 saturated carbocycles. The number of nitrogens with one attached hydrogen (secondary N) is 1. The van der Waals surface area contributed by atoms with Crippen LogP contribution in [0.2, 0.25) is 0 Å². The maximum atomic E-state index is 6.30. The van der Waals surface area contributed by atoms with E-state index in [4.69, 9.17) is 5.73 Å². The van der Waals surface area contributed by atoms with Gasteiger partial charge in [-0.25, -0.2) is 0 Å². The molecule has 0 saturated heterocycles. The Morgan fingerprint density at radius 3 is 2.43 bits per heavy atom. The van der Waals surface area contributed by atoms with Gasteiger partial charge in [0.15, 0.2) is 0 Å². The third kappa shape index (κ3) is 1.96. The van der Waals surface area contributed by atoms with E-state index in [0.29, 0.717) is 0 Å². The van der Waals surface area contributed by atoms with Gasteiger partial charge in [-0.3, -0.25) is 0 Å². The Balaban J connectivity index is 1.72. The summed E-state index contributed by atoms with van der Waals surface area (Å²) in [6, 6.07) is 0.742. The van der Waals surface area contributed by atoms with E-state index in [1.165, 1.54) is 32.1 Å². The van der Waals surface area contributed by atoms with Crippen molar-refractivity contribution in [2.24, 2.45) is 17.6 Å². The van der Waals surface area contributed by atoms with E-state index in [0.717, 1.165) is 24.4 Å². The second-order valence-corrected chi connectivity index (χ2v) is 5.63. The van der Waals surface area contributed by atoms with Crippen molar-refractivity contribution >= 4 is 0 Å². The van der Waals surface area contributed by atoms with Crippen LogP contribution in [-0.4, -0.2) is 18.1 Å². The van der Waals surface area contributed by atoms with Crippen LogP contribution >= 0.6 is 0 Å². The molecule has 3 N–H and O–H groups in total. The first-order chi connectivity index (χ1) is 6.61. The number of rotatable bonds is 3. The molecule has 2 nitrogen and oxygen atoms in total. The first kappa shape index (κ1) is 10.4. The molecule has 0 amide bonds. The molecule has 2 heteroatoms. The Hall–Kier alpha value is -0.0800. The van der Waals surface area contributed by atoms with Gasteiger partial charge in [0, 0.05) is 18.1 Å². The Labute approximate surface area is 87.6 Å². The number of hydrogen-bond acceptors (Lipinski definition) is 2. The standard InChI is InChI=1S/C12H24N2/c1-9-7-11(10(9)2)14-8-12(13)5-3-4-6-12/h9-11,14H,3-8,13H2,1-2H3. The average Bonchev–Trinajstić information content (AvgIpc) is 2.59. The van der Waals surface area contributed by atoms with Crippen LogP contribution in [0.5, 0.6) is 0 Å². The molecule has 2 aliphatic carbocycles. The first-order valence-electron chi connectivity index (χ1n) is 6.13. The van der Waals surface area contributed by atoms with Crippen LogP contribution in [0.25, 0.3) is 0 Å². The molecule has 0 aliphatic heterocycles. The summed E-state index contributed by atoms with van der Waals surface area (Å²) in [6.45, 7) is 5.73. The van der Waals surface area contributed by atoms with E-state index < -0.39 is 0 Å². The van der Waals surface area contributed by atoms with Crippen molar-refractivity contribution in [1.82, 2.24) is 5.32 Å². The van der Waals surface area contributed by atoms with Gasteiger partial charge >= 0.3 is 0 Å². The molecule has 0 heterocycles. The molecule has 0 aromatic heterocycles. The molecule has 82 valence electrons. The van der Waals surface area contributed by atoms with E-state index in [2.05, 4.69) is 19.2 Å². The van der Waals surface area contributed by atoms with Gasteiger partial charge in [-0.15, -0.1) is 0 Å². The van der Waals surface area contributed by atoms with Gasteiger partial charge in [0.25, 0.3) is 0 Å². The summed E-state index contributed by atoms with van der Waals surface area (Å²) in [5, 5.41) is 3.66. The van der Waals surface area contributed by atoms with Crippen LogP contribution in [0.15, 0.2) is 0 Å². The zero-order chi connectivity index (χ0) is 10.2. The molecule has 3 atom stereocenters. The summed E-state index contributed by atoms with van der Waals surface area (Å²) in [6.07, 6.45) is 6.44. The van der Waals surface area contributed by atoms with E-state index in [9.17, 15) is 0 Å². The third-order valence-electron chi connectivity index (χ3n) is 4.47. The second kappa shape index (κ2) is 3.82. The van der Waals surface area contributed by atoms with Crippen LogP contribution in [0.4, 0.5) is 0 Å². The van der Waals surface area contributed by atoms with Gasteiger partial charge in [-0.1, -0.05) is 26.7 Å². The molecule has 0 radical (unpaired) electrons. The van der Waals surface area contributed by atoms with E-state index in [-0.39, 0.29) is 5.54 Å². The van der Waals surface area contributed by atoms with Crippen molar-refractivity contribution < 1.29 is 0 Å². The fraction of sp³-hybridized carbons (Fsp3) is 1.00. The summed E-state index contributed by atoms with van der Waals surface area (Å²) in [5.41, 5.74) is 6.43. The van der Waals surface area contributed by atoms with E-state index >= 15 is 0 Å². The second-order valence-electron chi connectivity index (χ2n) is 5.63. The average molecular weight is 196 g/mol. The lowest BCUT2D eigenvalue weighted by molar-refractivity contribution is 0.130. The molecule has 0 aromatic carbocycles. The largest absolute Gasteiger partial charge is 0.324 e. The monoisotopic (exact) mass is 196 g/mol. The van der Waals surface area contributed by atoms with Crippen molar-refractivity contribution in [3.8, 4) is 0 Å². The molecule has 14 heavy (non-hydrogen) atoms. The van der Waals surface area contributed by atoms with Crippen LogP contribution in [-0.2, 0) is 0 Å². The van der Waals surface area contributed by atoms with Crippen molar-refractivity contribution in [3.63, 3.8) is 0 Å². The van der Waals surface area contributed by atoms with Gasteiger partial charge in [0.1, 0.15) is 0 Å².